The highest BCUT2D eigenvalue weighted by Gasteiger charge is 2.06. The van der Waals surface area contributed by atoms with E-state index in [4.69, 9.17) is 5.73 Å². The summed E-state index contributed by atoms with van der Waals surface area (Å²) in [4.78, 5) is 12.3. The van der Waals surface area contributed by atoms with Crippen LogP contribution in [0.5, 0.6) is 0 Å². The third kappa shape index (κ3) is 3.42. The van der Waals surface area contributed by atoms with Crippen molar-refractivity contribution in [2.75, 3.05) is 11.1 Å². The zero-order valence-corrected chi connectivity index (χ0v) is 10.9. The summed E-state index contributed by atoms with van der Waals surface area (Å²) in [6.07, 6.45) is 5.43. The maximum Gasteiger partial charge on any atom is 0.225 e. The van der Waals surface area contributed by atoms with Crippen LogP contribution in [0.3, 0.4) is 0 Å². The Hall–Kier alpha value is -1.63. The molecule has 0 saturated carbocycles. The standard InChI is InChI=1S/C10H13BrN6/c1-7(5-17-3-2-13-6-17)14-10-15-8(11)4-9(12)16-10/h2-4,6-7H,5H2,1H3,(H3,12,14,15,16). The number of hydrogen-bond donors (Lipinski definition) is 2. The van der Waals surface area contributed by atoms with Crippen molar-refractivity contribution in [1.29, 1.82) is 0 Å². The lowest BCUT2D eigenvalue weighted by atomic mass is 10.3. The zero-order chi connectivity index (χ0) is 12.3. The lowest BCUT2D eigenvalue weighted by Crippen LogP contribution is -2.22. The summed E-state index contributed by atoms with van der Waals surface area (Å²) in [6, 6.07) is 1.84. The first-order valence-corrected chi connectivity index (χ1v) is 5.95. The Kier molecular flexibility index (Phi) is 3.58. The molecule has 6 nitrogen and oxygen atoms in total. The van der Waals surface area contributed by atoms with Gasteiger partial charge in [-0.2, -0.15) is 4.98 Å². The second-order valence-electron chi connectivity index (χ2n) is 3.74. The minimum absolute atomic E-state index is 0.179. The van der Waals surface area contributed by atoms with Crippen molar-refractivity contribution in [3.05, 3.63) is 29.4 Å². The number of nitrogen functional groups attached to an aromatic ring is 1. The third-order valence-corrected chi connectivity index (χ3v) is 2.54. The van der Waals surface area contributed by atoms with Crippen molar-refractivity contribution in [1.82, 2.24) is 19.5 Å². The molecule has 0 aliphatic heterocycles. The van der Waals surface area contributed by atoms with E-state index in [1.165, 1.54) is 0 Å². The van der Waals surface area contributed by atoms with Crippen LogP contribution in [0, 0.1) is 0 Å². The number of nitrogens with one attached hydrogen (secondary N) is 1. The smallest absolute Gasteiger partial charge is 0.225 e. The molecule has 0 amide bonds. The molecule has 3 N–H and O–H groups in total. The summed E-state index contributed by atoms with van der Waals surface area (Å²) >= 11 is 3.28. The lowest BCUT2D eigenvalue weighted by molar-refractivity contribution is 0.615. The molecule has 2 rings (SSSR count). The molecule has 2 aromatic rings. The van der Waals surface area contributed by atoms with Crippen LogP contribution in [0.2, 0.25) is 0 Å². The minimum atomic E-state index is 0.179. The second kappa shape index (κ2) is 5.13. The number of rotatable bonds is 4. The molecule has 2 heterocycles. The van der Waals surface area contributed by atoms with Crippen LogP contribution in [-0.4, -0.2) is 25.6 Å². The largest absolute Gasteiger partial charge is 0.383 e. The van der Waals surface area contributed by atoms with E-state index in [-0.39, 0.29) is 6.04 Å². The van der Waals surface area contributed by atoms with Crippen LogP contribution in [0.4, 0.5) is 11.8 Å². The van der Waals surface area contributed by atoms with Crippen molar-refractivity contribution in [3.8, 4) is 0 Å². The van der Waals surface area contributed by atoms with Crippen LogP contribution < -0.4 is 11.1 Å². The predicted octanol–water partition coefficient (Wildman–Crippen LogP) is 1.52. The molecule has 7 heteroatoms. The molecular formula is C10H13BrN6. The maximum absolute atomic E-state index is 5.63. The van der Waals surface area contributed by atoms with Gasteiger partial charge in [0, 0.05) is 31.0 Å². The van der Waals surface area contributed by atoms with Gasteiger partial charge in [0.05, 0.1) is 6.33 Å². The van der Waals surface area contributed by atoms with Gasteiger partial charge in [-0.3, -0.25) is 0 Å². The first-order valence-electron chi connectivity index (χ1n) is 5.16. The number of hydrogen-bond acceptors (Lipinski definition) is 5. The normalized spacial score (nSPS) is 12.4. The van der Waals surface area contributed by atoms with E-state index in [1.54, 1.807) is 18.6 Å². The molecule has 0 spiro atoms. The van der Waals surface area contributed by atoms with Crippen molar-refractivity contribution in [2.45, 2.75) is 19.5 Å². The summed E-state index contributed by atoms with van der Waals surface area (Å²) in [5, 5.41) is 3.18. The van der Waals surface area contributed by atoms with E-state index in [1.807, 2.05) is 17.7 Å². The molecule has 0 aliphatic rings. The number of nitrogens with zero attached hydrogens (tertiary/aromatic N) is 4. The van der Waals surface area contributed by atoms with Crippen molar-refractivity contribution >= 4 is 27.7 Å². The van der Waals surface area contributed by atoms with Gasteiger partial charge >= 0.3 is 0 Å². The Bertz CT molecular complexity index is 463. The monoisotopic (exact) mass is 296 g/mol. The Labute approximate surface area is 107 Å². The average Bonchev–Trinajstić information content (AvgIpc) is 2.67. The van der Waals surface area contributed by atoms with Gasteiger partial charge in [-0.25, -0.2) is 9.97 Å². The van der Waals surface area contributed by atoms with Gasteiger partial charge in [0.2, 0.25) is 5.95 Å². The quantitative estimate of drug-likeness (QED) is 0.836. The molecular weight excluding hydrogens is 284 g/mol. The summed E-state index contributed by atoms with van der Waals surface area (Å²) in [7, 11) is 0. The minimum Gasteiger partial charge on any atom is -0.383 e. The van der Waals surface area contributed by atoms with E-state index >= 15 is 0 Å². The molecule has 90 valence electrons. The highest BCUT2D eigenvalue weighted by atomic mass is 79.9. The Morgan fingerprint density at radius 3 is 3.00 bits per heavy atom. The summed E-state index contributed by atoms with van der Waals surface area (Å²) in [5.41, 5.74) is 5.63. The highest BCUT2D eigenvalue weighted by Crippen LogP contribution is 2.13. The number of anilines is 2. The van der Waals surface area contributed by atoms with Crippen LogP contribution in [0.25, 0.3) is 0 Å². The summed E-state index contributed by atoms with van der Waals surface area (Å²) in [5.74, 6) is 0.952. The van der Waals surface area contributed by atoms with Crippen LogP contribution in [-0.2, 0) is 6.54 Å². The fourth-order valence-electron chi connectivity index (χ4n) is 1.48. The molecule has 0 saturated heterocycles. The van der Waals surface area contributed by atoms with E-state index in [0.717, 1.165) is 6.54 Å². The lowest BCUT2D eigenvalue weighted by Gasteiger charge is -2.14. The molecule has 1 atom stereocenters. The average molecular weight is 297 g/mol. The van der Waals surface area contributed by atoms with Gasteiger partial charge in [0.25, 0.3) is 0 Å². The van der Waals surface area contributed by atoms with Crippen molar-refractivity contribution < 1.29 is 0 Å². The molecule has 0 bridgehead atoms. The highest BCUT2D eigenvalue weighted by molar-refractivity contribution is 9.10. The Balaban J connectivity index is 2.00. The van der Waals surface area contributed by atoms with E-state index in [2.05, 4.69) is 36.2 Å². The van der Waals surface area contributed by atoms with Crippen LogP contribution in [0.15, 0.2) is 29.4 Å². The number of nitrogens with two attached hydrogens (primary N) is 1. The third-order valence-electron chi connectivity index (χ3n) is 2.13. The topological polar surface area (TPSA) is 81.7 Å². The molecule has 17 heavy (non-hydrogen) atoms. The first kappa shape index (κ1) is 11.8. The molecule has 0 aromatic carbocycles. The predicted molar refractivity (Wildman–Crippen MR) is 69.5 cm³/mol. The van der Waals surface area contributed by atoms with E-state index in [0.29, 0.717) is 16.4 Å². The molecule has 0 radical (unpaired) electrons. The number of imidazole rings is 1. The van der Waals surface area contributed by atoms with Crippen molar-refractivity contribution in [3.63, 3.8) is 0 Å². The van der Waals surface area contributed by atoms with Gasteiger partial charge in [0.1, 0.15) is 10.4 Å². The van der Waals surface area contributed by atoms with E-state index < -0.39 is 0 Å². The molecule has 0 fully saturated rings. The van der Waals surface area contributed by atoms with Gasteiger partial charge in [-0.05, 0) is 22.9 Å². The number of halogens is 1. The zero-order valence-electron chi connectivity index (χ0n) is 9.34. The first-order chi connectivity index (χ1) is 8.13. The van der Waals surface area contributed by atoms with Crippen LogP contribution in [0.1, 0.15) is 6.92 Å². The van der Waals surface area contributed by atoms with Gasteiger partial charge in [-0.15, -0.1) is 0 Å². The van der Waals surface area contributed by atoms with Gasteiger partial charge in [-0.1, -0.05) is 0 Å². The maximum atomic E-state index is 5.63. The van der Waals surface area contributed by atoms with Gasteiger partial charge in [0.15, 0.2) is 0 Å². The molecule has 1 unspecified atom stereocenters. The molecule has 2 aromatic heterocycles. The SMILES string of the molecule is CC(Cn1ccnc1)Nc1nc(N)cc(Br)n1. The summed E-state index contributed by atoms with van der Waals surface area (Å²) in [6.45, 7) is 2.83. The number of aromatic nitrogens is 4. The van der Waals surface area contributed by atoms with Crippen molar-refractivity contribution in [2.24, 2.45) is 0 Å². The Morgan fingerprint density at radius 2 is 2.35 bits per heavy atom. The van der Waals surface area contributed by atoms with E-state index in [9.17, 15) is 0 Å². The second-order valence-corrected chi connectivity index (χ2v) is 4.56. The summed E-state index contributed by atoms with van der Waals surface area (Å²) < 4.78 is 2.65. The van der Waals surface area contributed by atoms with Gasteiger partial charge < -0.3 is 15.6 Å². The fraction of sp³-hybridized carbons (Fsp3) is 0.300. The molecule has 0 aliphatic carbocycles. The van der Waals surface area contributed by atoms with Crippen LogP contribution >= 0.6 is 15.9 Å². The Morgan fingerprint density at radius 1 is 1.53 bits per heavy atom. The fourth-order valence-corrected chi connectivity index (χ4v) is 1.88.